The number of anilines is 1. The van der Waals surface area contributed by atoms with E-state index in [0.717, 1.165) is 26.2 Å². The fourth-order valence-electron chi connectivity index (χ4n) is 2.62. The van der Waals surface area contributed by atoms with Crippen LogP contribution in [0.15, 0.2) is 12.1 Å². The van der Waals surface area contributed by atoms with Crippen LogP contribution in [0, 0.1) is 5.82 Å². The first kappa shape index (κ1) is 12.7. The second-order valence-electron chi connectivity index (χ2n) is 4.93. The van der Waals surface area contributed by atoms with Crippen LogP contribution in [-0.2, 0) is 6.54 Å². The van der Waals surface area contributed by atoms with E-state index in [9.17, 15) is 4.39 Å². The van der Waals surface area contributed by atoms with E-state index in [-0.39, 0.29) is 5.02 Å². The number of hydrogen-bond donors (Lipinski definition) is 1. The summed E-state index contributed by atoms with van der Waals surface area (Å²) >= 11 is 5.76. The molecule has 1 aliphatic heterocycles. The third-order valence-corrected chi connectivity index (χ3v) is 3.95. The second-order valence-corrected chi connectivity index (χ2v) is 5.33. The molecule has 1 fully saturated rings. The molecule has 1 aliphatic rings. The van der Waals surface area contributed by atoms with Crippen molar-refractivity contribution in [3.8, 4) is 0 Å². The van der Waals surface area contributed by atoms with Crippen LogP contribution < -0.4 is 5.73 Å². The number of aromatic nitrogens is 2. The number of rotatable bonds is 3. The van der Waals surface area contributed by atoms with Crippen LogP contribution in [0.2, 0.25) is 5.02 Å². The summed E-state index contributed by atoms with van der Waals surface area (Å²) in [5.74, 6) is -0.0210. The van der Waals surface area contributed by atoms with Crippen molar-refractivity contribution >= 4 is 28.6 Å². The lowest BCUT2D eigenvalue weighted by atomic mass is 10.3. The zero-order chi connectivity index (χ0) is 13.4. The Kier molecular flexibility index (Phi) is 3.33. The maximum absolute atomic E-state index is 13.6. The molecule has 4 nitrogen and oxygen atoms in total. The second kappa shape index (κ2) is 4.98. The molecule has 19 heavy (non-hydrogen) atoms. The highest BCUT2D eigenvalue weighted by molar-refractivity contribution is 6.31. The van der Waals surface area contributed by atoms with Crippen molar-refractivity contribution < 1.29 is 4.39 Å². The highest BCUT2D eigenvalue weighted by Gasteiger charge is 2.15. The SMILES string of the molecule is Nc1nc2cc(Cl)c(F)cc2n1CCN1CCCC1. The molecule has 0 atom stereocenters. The van der Waals surface area contributed by atoms with Crippen molar-refractivity contribution in [2.24, 2.45) is 0 Å². The van der Waals surface area contributed by atoms with Gasteiger partial charge >= 0.3 is 0 Å². The Bertz CT molecular complexity index is 604. The van der Waals surface area contributed by atoms with Crippen LogP contribution in [0.4, 0.5) is 10.3 Å². The summed E-state index contributed by atoms with van der Waals surface area (Å²) in [7, 11) is 0. The molecule has 2 heterocycles. The van der Waals surface area contributed by atoms with E-state index in [2.05, 4.69) is 9.88 Å². The average molecular weight is 283 g/mol. The monoisotopic (exact) mass is 282 g/mol. The molecule has 1 aromatic heterocycles. The first-order valence-electron chi connectivity index (χ1n) is 6.48. The van der Waals surface area contributed by atoms with Crippen LogP contribution in [0.5, 0.6) is 0 Å². The molecular formula is C13H16ClFN4. The fraction of sp³-hybridized carbons (Fsp3) is 0.462. The summed E-state index contributed by atoms with van der Waals surface area (Å²) < 4.78 is 15.4. The van der Waals surface area contributed by atoms with Crippen LogP contribution in [-0.4, -0.2) is 34.1 Å². The van der Waals surface area contributed by atoms with Gasteiger partial charge in [0.05, 0.1) is 16.1 Å². The van der Waals surface area contributed by atoms with E-state index in [1.54, 1.807) is 0 Å². The van der Waals surface area contributed by atoms with Gasteiger partial charge in [-0.05, 0) is 32.0 Å². The maximum Gasteiger partial charge on any atom is 0.201 e. The van der Waals surface area contributed by atoms with Gasteiger partial charge in [-0.1, -0.05) is 11.6 Å². The average Bonchev–Trinajstić information content (AvgIpc) is 2.96. The van der Waals surface area contributed by atoms with Gasteiger partial charge < -0.3 is 15.2 Å². The fourth-order valence-corrected chi connectivity index (χ4v) is 2.78. The Morgan fingerprint density at radius 3 is 2.74 bits per heavy atom. The molecule has 0 spiro atoms. The summed E-state index contributed by atoms with van der Waals surface area (Å²) in [6.45, 7) is 3.91. The Morgan fingerprint density at radius 2 is 2.00 bits per heavy atom. The number of nitrogen functional groups attached to an aromatic ring is 1. The molecular weight excluding hydrogens is 267 g/mol. The van der Waals surface area contributed by atoms with Crippen LogP contribution >= 0.6 is 11.6 Å². The first-order valence-corrected chi connectivity index (χ1v) is 6.86. The van der Waals surface area contributed by atoms with Gasteiger partial charge in [0.25, 0.3) is 0 Å². The van der Waals surface area contributed by atoms with Gasteiger partial charge in [-0.15, -0.1) is 0 Å². The Balaban J connectivity index is 1.89. The lowest BCUT2D eigenvalue weighted by molar-refractivity contribution is 0.325. The number of benzene rings is 1. The van der Waals surface area contributed by atoms with Gasteiger partial charge in [-0.25, -0.2) is 9.37 Å². The van der Waals surface area contributed by atoms with Gasteiger partial charge in [0, 0.05) is 19.2 Å². The number of halogens is 2. The van der Waals surface area contributed by atoms with Gasteiger partial charge in [0.15, 0.2) is 0 Å². The molecule has 0 bridgehead atoms. The molecule has 6 heteroatoms. The molecule has 0 aliphatic carbocycles. The van der Waals surface area contributed by atoms with E-state index >= 15 is 0 Å². The molecule has 0 saturated carbocycles. The van der Waals surface area contributed by atoms with E-state index in [1.165, 1.54) is 25.0 Å². The third kappa shape index (κ3) is 2.40. The van der Waals surface area contributed by atoms with Gasteiger partial charge in [0.2, 0.25) is 5.95 Å². The minimum Gasteiger partial charge on any atom is -0.369 e. The number of nitrogens with zero attached hydrogens (tertiary/aromatic N) is 3. The van der Waals surface area contributed by atoms with Crippen molar-refractivity contribution in [3.05, 3.63) is 23.0 Å². The van der Waals surface area contributed by atoms with Gasteiger partial charge in [0.1, 0.15) is 5.82 Å². The maximum atomic E-state index is 13.6. The van der Waals surface area contributed by atoms with E-state index in [0.29, 0.717) is 17.0 Å². The molecule has 3 rings (SSSR count). The van der Waals surface area contributed by atoms with Crippen LogP contribution in [0.25, 0.3) is 11.0 Å². The zero-order valence-corrected chi connectivity index (χ0v) is 11.3. The Morgan fingerprint density at radius 1 is 1.26 bits per heavy atom. The predicted molar refractivity (Wildman–Crippen MR) is 74.8 cm³/mol. The summed E-state index contributed by atoms with van der Waals surface area (Å²) in [5.41, 5.74) is 7.26. The number of hydrogen-bond acceptors (Lipinski definition) is 3. The Labute approximate surface area is 116 Å². The number of imidazole rings is 1. The first-order chi connectivity index (χ1) is 9.15. The lowest BCUT2D eigenvalue weighted by Gasteiger charge is -2.15. The van der Waals surface area contributed by atoms with Crippen molar-refractivity contribution in [2.75, 3.05) is 25.4 Å². The molecule has 2 aromatic rings. The highest BCUT2D eigenvalue weighted by atomic mass is 35.5. The number of nitrogens with two attached hydrogens (primary N) is 1. The Hall–Kier alpha value is -1.33. The predicted octanol–water partition coefficient (Wildman–Crippen LogP) is 2.51. The highest BCUT2D eigenvalue weighted by Crippen LogP contribution is 2.24. The van der Waals surface area contributed by atoms with Crippen LogP contribution in [0.3, 0.4) is 0 Å². The van der Waals surface area contributed by atoms with Gasteiger partial charge in [-0.2, -0.15) is 0 Å². The largest absolute Gasteiger partial charge is 0.369 e. The molecule has 0 radical (unpaired) electrons. The smallest absolute Gasteiger partial charge is 0.201 e. The lowest BCUT2D eigenvalue weighted by Crippen LogP contribution is -2.24. The van der Waals surface area contributed by atoms with Crippen molar-refractivity contribution in [3.63, 3.8) is 0 Å². The van der Waals surface area contributed by atoms with E-state index in [4.69, 9.17) is 17.3 Å². The molecule has 0 unspecified atom stereocenters. The van der Waals surface area contributed by atoms with Crippen molar-refractivity contribution in [1.29, 1.82) is 0 Å². The zero-order valence-electron chi connectivity index (χ0n) is 10.6. The summed E-state index contributed by atoms with van der Waals surface area (Å²) in [5, 5.41) is 0.0803. The minimum atomic E-state index is -0.434. The topological polar surface area (TPSA) is 47.1 Å². The molecule has 102 valence electrons. The standard InChI is InChI=1S/C13H16ClFN4/c14-9-7-11-12(8-10(9)15)19(13(16)17-11)6-5-18-3-1-2-4-18/h7-8H,1-6H2,(H2,16,17). The number of fused-ring (bicyclic) bond motifs is 1. The molecule has 1 saturated heterocycles. The molecule has 0 amide bonds. The molecule has 2 N–H and O–H groups in total. The third-order valence-electron chi connectivity index (χ3n) is 3.66. The minimum absolute atomic E-state index is 0.0803. The quantitative estimate of drug-likeness (QED) is 0.941. The normalized spacial score (nSPS) is 16.5. The van der Waals surface area contributed by atoms with E-state index in [1.807, 2.05) is 4.57 Å². The molecule has 1 aromatic carbocycles. The number of likely N-dealkylation sites (tertiary alicyclic amines) is 1. The van der Waals surface area contributed by atoms with Crippen LogP contribution in [0.1, 0.15) is 12.8 Å². The van der Waals surface area contributed by atoms with Crippen molar-refractivity contribution in [2.45, 2.75) is 19.4 Å². The summed E-state index contributed by atoms with van der Waals surface area (Å²) in [6, 6.07) is 2.93. The van der Waals surface area contributed by atoms with Crippen molar-refractivity contribution in [1.82, 2.24) is 14.5 Å². The summed E-state index contributed by atoms with van der Waals surface area (Å²) in [4.78, 5) is 6.62. The van der Waals surface area contributed by atoms with Gasteiger partial charge in [-0.3, -0.25) is 0 Å². The summed E-state index contributed by atoms with van der Waals surface area (Å²) in [6.07, 6.45) is 2.51. The van der Waals surface area contributed by atoms with E-state index < -0.39 is 5.82 Å².